The maximum atomic E-state index is 13.3. The van der Waals surface area contributed by atoms with Gasteiger partial charge >= 0.3 is 12.1 Å². The first-order valence-electron chi connectivity index (χ1n) is 10.6. The summed E-state index contributed by atoms with van der Waals surface area (Å²) in [7, 11) is 1.63. The third kappa shape index (κ3) is 5.12. The highest BCUT2D eigenvalue weighted by atomic mass is 19.4. The van der Waals surface area contributed by atoms with Crippen LogP contribution in [0.25, 0.3) is 11.1 Å². The topological polar surface area (TPSA) is 113 Å². The number of benzene rings is 3. The van der Waals surface area contributed by atoms with Gasteiger partial charge in [0.05, 0.1) is 0 Å². The van der Waals surface area contributed by atoms with E-state index in [0.717, 1.165) is 22.3 Å². The van der Waals surface area contributed by atoms with Gasteiger partial charge in [0.2, 0.25) is 0 Å². The van der Waals surface area contributed by atoms with Crippen molar-refractivity contribution in [3.05, 3.63) is 95.6 Å². The molecular formula is C26H22F3N3O4. The predicted molar refractivity (Wildman–Crippen MR) is 127 cm³/mol. The number of amides is 1. The Morgan fingerprint density at radius 1 is 0.917 bits per heavy atom. The van der Waals surface area contributed by atoms with Crippen molar-refractivity contribution < 1.29 is 32.7 Å². The van der Waals surface area contributed by atoms with Gasteiger partial charge in [-0.15, -0.1) is 0 Å². The number of carbonyl (C=O) groups excluding carboxylic acids is 2. The number of guanidine groups is 1. The number of aliphatic imine (C=N–C) groups is 1. The number of carbonyl (C=O) groups is 3. The van der Waals surface area contributed by atoms with Crippen LogP contribution in [-0.2, 0) is 15.1 Å². The van der Waals surface area contributed by atoms with Crippen molar-refractivity contribution in [3.8, 4) is 11.1 Å². The fourth-order valence-electron chi connectivity index (χ4n) is 3.71. The predicted octanol–water partition coefficient (Wildman–Crippen LogP) is 4.22. The highest BCUT2D eigenvalue weighted by Gasteiger charge is 2.49. The molecule has 10 heteroatoms. The normalized spacial score (nSPS) is 17.2. The number of halogens is 3. The molecule has 1 heterocycles. The standard InChI is InChI=1S/C24H21N3O2.C2HF3O2/c1-16(28)17-8-6-9-18(14-17)19-10-7-13-21(15-19)24(20-11-4-3-5-12-20)22(29)27(2)23(25)26-24;3-2(4,5)1(6)7/h3-15H,1-2H3,(H2,25,26);(H,6,7). The van der Waals surface area contributed by atoms with E-state index >= 15 is 0 Å². The minimum Gasteiger partial charge on any atom is -0.475 e. The van der Waals surface area contributed by atoms with Gasteiger partial charge in [-0.3, -0.25) is 14.5 Å². The van der Waals surface area contributed by atoms with Crippen molar-refractivity contribution in [2.45, 2.75) is 18.6 Å². The van der Waals surface area contributed by atoms with Gasteiger partial charge in [0, 0.05) is 12.6 Å². The Hall–Kier alpha value is -4.47. The zero-order valence-corrected chi connectivity index (χ0v) is 19.3. The molecule has 0 fully saturated rings. The third-order valence-electron chi connectivity index (χ3n) is 5.56. The molecule has 1 aliphatic heterocycles. The zero-order valence-electron chi connectivity index (χ0n) is 19.3. The van der Waals surface area contributed by atoms with Crippen molar-refractivity contribution in [3.63, 3.8) is 0 Å². The second-order valence-corrected chi connectivity index (χ2v) is 7.93. The molecule has 186 valence electrons. The quantitative estimate of drug-likeness (QED) is 0.524. The van der Waals surface area contributed by atoms with E-state index in [0.29, 0.717) is 5.56 Å². The fraction of sp³-hybridized carbons (Fsp3) is 0.154. The van der Waals surface area contributed by atoms with Gasteiger partial charge < -0.3 is 10.8 Å². The van der Waals surface area contributed by atoms with Gasteiger partial charge in [-0.1, -0.05) is 66.7 Å². The van der Waals surface area contributed by atoms with Crippen LogP contribution in [0.2, 0.25) is 0 Å². The molecule has 1 unspecified atom stereocenters. The Balaban J connectivity index is 0.000000454. The van der Waals surface area contributed by atoms with Crippen molar-refractivity contribution in [1.82, 2.24) is 4.90 Å². The van der Waals surface area contributed by atoms with E-state index in [1.807, 2.05) is 72.8 Å². The van der Waals surface area contributed by atoms with E-state index in [2.05, 4.69) is 4.99 Å². The Bertz CT molecular complexity index is 1340. The molecule has 0 saturated heterocycles. The number of carboxylic acids is 1. The molecule has 1 aliphatic rings. The molecule has 0 radical (unpaired) electrons. The molecule has 1 amide bonds. The molecular weight excluding hydrogens is 475 g/mol. The third-order valence-corrected chi connectivity index (χ3v) is 5.56. The van der Waals surface area contributed by atoms with Gasteiger partial charge in [-0.05, 0) is 41.3 Å². The monoisotopic (exact) mass is 497 g/mol. The number of hydrogen-bond donors (Lipinski definition) is 2. The number of rotatable bonds is 4. The highest BCUT2D eigenvalue weighted by molar-refractivity contribution is 6.09. The SMILES string of the molecule is CC(=O)c1cccc(-c2cccc(C3(c4ccccc4)N=C(N)N(C)C3=O)c2)c1.O=C(O)C(F)(F)F. The summed E-state index contributed by atoms with van der Waals surface area (Å²) in [6.07, 6.45) is -5.08. The molecule has 0 bridgehead atoms. The van der Waals surface area contributed by atoms with E-state index in [1.54, 1.807) is 20.0 Å². The summed E-state index contributed by atoms with van der Waals surface area (Å²) in [5, 5.41) is 7.12. The Kier molecular flexibility index (Phi) is 7.28. The molecule has 0 saturated carbocycles. The number of alkyl halides is 3. The molecule has 0 spiro atoms. The molecule has 3 N–H and O–H groups in total. The van der Waals surface area contributed by atoms with Crippen molar-refractivity contribution >= 4 is 23.6 Å². The molecule has 3 aromatic rings. The van der Waals surface area contributed by atoms with Crippen LogP contribution >= 0.6 is 0 Å². The zero-order chi connectivity index (χ0) is 26.7. The number of carboxylic acid groups (broad SMARTS) is 1. The minimum absolute atomic E-state index is 0.00808. The van der Waals surface area contributed by atoms with Gasteiger partial charge in [0.1, 0.15) is 0 Å². The maximum Gasteiger partial charge on any atom is 0.490 e. The number of likely N-dealkylation sites (N-methyl/N-ethyl adjacent to an activating group) is 1. The summed E-state index contributed by atoms with van der Waals surface area (Å²) in [5.41, 5.74) is 8.74. The molecule has 3 aromatic carbocycles. The molecule has 7 nitrogen and oxygen atoms in total. The van der Waals surface area contributed by atoms with E-state index in [4.69, 9.17) is 15.6 Å². The van der Waals surface area contributed by atoms with Gasteiger partial charge in [-0.25, -0.2) is 9.79 Å². The first kappa shape index (κ1) is 26.1. The maximum absolute atomic E-state index is 13.3. The van der Waals surface area contributed by atoms with Crippen molar-refractivity contribution in [1.29, 1.82) is 0 Å². The number of Topliss-reactive ketones (excluding diaryl/α,β-unsaturated/α-hetero) is 1. The fourth-order valence-corrected chi connectivity index (χ4v) is 3.71. The molecule has 4 rings (SSSR count). The Morgan fingerprint density at radius 3 is 1.94 bits per heavy atom. The largest absolute Gasteiger partial charge is 0.490 e. The van der Waals surface area contributed by atoms with Crippen molar-refractivity contribution in [2.24, 2.45) is 10.7 Å². The van der Waals surface area contributed by atoms with Crippen LogP contribution in [0, 0.1) is 0 Å². The lowest BCUT2D eigenvalue weighted by Gasteiger charge is -2.26. The number of nitrogens with two attached hydrogens (primary N) is 1. The smallest absolute Gasteiger partial charge is 0.475 e. The summed E-state index contributed by atoms with van der Waals surface area (Å²) in [6, 6.07) is 24.6. The first-order valence-corrected chi connectivity index (χ1v) is 10.6. The first-order chi connectivity index (χ1) is 16.9. The van der Waals surface area contributed by atoms with E-state index < -0.39 is 17.7 Å². The van der Waals surface area contributed by atoms with Crippen LogP contribution in [0.3, 0.4) is 0 Å². The van der Waals surface area contributed by atoms with Gasteiger partial charge in [-0.2, -0.15) is 13.2 Å². The van der Waals surface area contributed by atoms with Crippen LogP contribution in [0.4, 0.5) is 13.2 Å². The number of hydrogen-bond acceptors (Lipinski definition) is 5. The van der Waals surface area contributed by atoms with Crippen LogP contribution in [0.15, 0.2) is 83.9 Å². The average Bonchev–Trinajstić information content (AvgIpc) is 3.09. The molecule has 36 heavy (non-hydrogen) atoms. The average molecular weight is 497 g/mol. The van der Waals surface area contributed by atoms with Gasteiger partial charge in [0.15, 0.2) is 17.3 Å². The Morgan fingerprint density at radius 2 is 1.44 bits per heavy atom. The Labute approximate surface area is 204 Å². The van der Waals surface area contributed by atoms with Crippen LogP contribution in [0.5, 0.6) is 0 Å². The number of ketones is 1. The van der Waals surface area contributed by atoms with Crippen LogP contribution in [-0.4, -0.2) is 46.8 Å². The summed E-state index contributed by atoms with van der Waals surface area (Å²) in [4.78, 5) is 40.0. The lowest BCUT2D eigenvalue weighted by molar-refractivity contribution is -0.192. The number of nitrogens with zero attached hydrogens (tertiary/aromatic N) is 2. The van der Waals surface area contributed by atoms with E-state index in [1.165, 1.54) is 4.90 Å². The summed E-state index contributed by atoms with van der Waals surface area (Å²) < 4.78 is 31.7. The second kappa shape index (κ2) is 10.0. The van der Waals surface area contributed by atoms with Gasteiger partial charge in [0.25, 0.3) is 5.91 Å². The summed E-state index contributed by atoms with van der Waals surface area (Å²) >= 11 is 0. The van der Waals surface area contributed by atoms with Crippen LogP contribution < -0.4 is 5.73 Å². The minimum atomic E-state index is -5.08. The highest BCUT2D eigenvalue weighted by Crippen LogP contribution is 2.40. The summed E-state index contributed by atoms with van der Waals surface area (Å²) in [5.74, 6) is -2.76. The second-order valence-electron chi connectivity index (χ2n) is 7.93. The van der Waals surface area contributed by atoms with Crippen molar-refractivity contribution in [2.75, 3.05) is 7.05 Å². The van der Waals surface area contributed by atoms with Crippen LogP contribution in [0.1, 0.15) is 28.4 Å². The van der Waals surface area contributed by atoms with E-state index in [-0.39, 0.29) is 17.6 Å². The van der Waals surface area contributed by atoms with E-state index in [9.17, 15) is 22.8 Å². The molecule has 0 aliphatic carbocycles. The molecule has 1 atom stereocenters. The molecule has 0 aromatic heterocycles. The lowest BCUT2D eigenvalue weighted by atomic mass is 9.81. The summed E-state index contributed by atoms with van der Waals surface area (Å²) in [6.45, 7) is 1.55. The lowest BCUT2D eigenvalue weighted by Crippen LogP contribution is -2.41. The number of aliphatic carboxylic acids is 1.